The van der Waals surface area contributed by atoms with Gasteiger partial charge in [0.15, 0.2) is 0 Å². The fourth-order valence-corrected chi connectivity index (χ4v) is 2.58. The van der Waals surface area contributed by atoms with Crippen LogP contribution in [0.5, 0.6) is 0 Å². The first-order chi connectivity index (χ1) is 9.48. The van der Waals surface area contributed by atoms with Crippen LogP contribution in [0, 0.1) is 17.0 Å². The summed E-state index contributed by atoms with van der Waals surface area (Å²) in [6, 6.07) is 3.76. The van der Waals surface area contributed by atoms with E-state index in [2.05, 4.69) is 5.32 Å². The molecule has 1 aliphatic rings. The van der Waals surface area contributed by atoms with Crippen molar-refractivity contribution in [1.82, 2.24) is 10.2 Å². The Labute approximate surface area is 118 Å². The first-order valence-electron chi connectivity index (χ1n) is 6.91. The van der Waals surface area contributed by atoms with E-state index in [-0.39, 0.29) is 18.0 Å². The van der Waals surface area contributed by atoms with Crippen molar-refractivity contribution >= 4 is 5.91 Å². The van der Waals surface area contributed by atoms with Crippen LogP contribution < -0.4 is 5.32 Å². The van der Waals surface area contributed by atoms with E-state index in [4.69, 9.17) is 0 Å². The molecule has 1 fully saturated rings. The first kappa shape index (κ1) is 14.9. The van der Waals surface area contributed by atoms with E-state index in [0.717, 1.165) is 13.0 Å². The average molecular weight is 282 g/mol. The van der Waals surface area contributed by atoms with Gasteiger partial charge in [0.1, 0.15) is 11.6 Å². The second-order valence-corrected chi connectivity index (χ2v) is 5.51. The van der Waals surface area contributed by atoms with E-state index >= 15 is 0 Å². The van der Waals surface area contributed by atoms with Gasteiger partial charge in [-0.25, -0.2) is 8.78 Å². The second-order valence-electron chi connectivity index (χ2n) is 5.51. The van der Waals surface area contributed by atoms with E-state index < -0.39 is 17.0 Å². The van der Waals surface area contributed by atoms with Gasteiger partial charge in [-0.05, 0) is 38.9 Å². The third-order valence-electron chi connectivity index (χ3n) is 3.96. The number of benzene rings is 1. The molecule has 0 radical (unpaired) electrons. The number of hydrogen-bond acceptors (Lipinski definition) is 2. The molecule has 0 spiro atoms. The van der Waals surface area contributed by atoms with Crippen LogP contribution in [0.1, 0.15) is 25.8 Å². The maximum atomic E-state index is 13.7. The lowest BCUT2D eigenvalue weighted by Crippen LogP contribution is -2.43. The Balaban J connectivity index is 2.19. The van der Waals surface area contributed by atoms with Crippen LogP contribution in [0.2, 0.25) is 0 Å². The van der Waals surface area contributed by atoms with Crippen molar-refractivity contribution in [3.8, 4) is 0 Å². The summed E-state index contributed by atoms with van der Waals surface area (Å²) in [6.07, 6.45) is 0.752. The summed E-state index contributed by atoms with van der Waals surface area (Å²) >= 11 is 0. The zero-order chi connectivity index (χ0) is 14.8. The maximum Gasteiger partial charge on any atom is 0.230 e. The molecule has 1 aromatic carbocycles. The van der Waals surface area contributed by atoms with Crippen LogP contribution in [0.15, 0.2) is 18.2 Å². The Hall–Kier alpha value is -1.49. The number of carbonyl (C=O) groups excluding carboxylic acids is 1. The minimum absolute atomic E-state index is 0.0244. The van der Waals surface area contributed by atoms with Crippen LogP contribution in [0.3, 0.4) is 0 Å². The number of carbonyl (C=O) groups is 1. The third kappa shape index (κ3) is 2.82. The van der Waals surface area contributed by atoms with Crippen molar-refractivity contribution in [2.24, 2.45) is 5.41 Å². The van der Waals surface area contributed by atoms with Gasteiger partial charge in [-0.15, -0.1) is 0 Å². The maximum absolute atomic E-state index is 13.7. The Kier molecular flexibility index (Phi) is 4.38. The summed E-state index contributed by atoms with van der Waals surface area (Å²) in [5.74, 6) is -1.26. The van der Waals surface area contributed by atoms with Gasteiger partial charge < -0.3 is 10.2 Å². The van der Waals surface area contributed by atoms with Crippen molar-refractivity contribution in [3.63, 3.8) is 0 Å². The van der Waals surface area contributed by atoms with Crippen molar-refractivity contribution in [2.45, 2.75) is 26.8 Å². The van der Waals surface area contributed by atoms with E-state index in [1.165, 1.54) is 23.1 Å². The normalized spacial score (nSPS) is 22.0. The molecule has 0 bridgehead atoms. The number of rotatable bonds is 4. The molecule has 1 saturated heterocycles. The average Bonchev–Trinajstić information content (AvgIpc) is 2.86. The highest BCUT2D eigenvalue weighted by Gasteiger charge is 2.39. The number of amides is 1. The Morgan fingerprint density at radius 3 is 2.55 bits per heavy atom. The predicted octanol–water partition coefficient (Wildman–Crippen LogP) is 2.31. The fourth-order valence-electron chi connectivity index (χ4n) is 2.58. The molecule has 3 nitrogen and oxygen atoms in total. The lowest BCUT2D eigenvalue weighted by molar-refractivity contribution is -0.140. The van der Waals surface area contributed by atoms with Gasteiger partial charge in [0.25, 0.3) is 0 Å². The summed E-state index contributed by atoms with van der Waals surface area (Å²) in [5.41, 5.74) is -0.519. The van der Waals surface area contributed by atoms with Crippen LogP contribution in [-0.4, -0.2) is 30.4 Å². The number of nitrogens with one attached hydrogen (secondary N) is 1. The molecule has 0 aliphatic carbocycles. The molecule has 1 amide bonds. The van der Waals surface area contributed by atoms with E-state index in [1.807, 2.05) is 13.8 Å². The summed E-state index contributed by atoms with van der Waals surface area (Å²) in [6.45, 7) is 5.54. The summed E-state index contributed by atoms with van der Waals surface area (Å²) in [5, 5.41) is 3.16. The smallest absolute Gasteiger partial charge is 0.230 e. The van der Waals surface area contributed by atoms with Crippen LogP contribution >= 0.6 is 0 Å². The number of nitrogens with zero attached hydrogens (tertiary/aromatic N) is 1. The van der Waals surface area contributed by atoms with Crippen LogP contribution in [0.4, 0.5) is 8.78 Å². The number of halogens is 2. The van der Waals surface area contributed by atoms with E-state index in [1.54, 1.807) is 0 Å². The summed E-state index contributed by atoms with van der Waals surface area (Å²) < 4.78 is 27.4. The van der Waals surface area contributed by atoms with Gasteiger partial charge in [0.2, 0.25) is 5.91 Å². The zero-order valence-electron chi connectivity index (χ0n) is 11.9. The topological polar surface area (TPSA) is 32.3 Å². The van der Waals surface area contributed by atoms with Gasteiger partial charge in [-0.1, -0.05) is 6.07 Å². The van der Waals surface area contributed by atoms with Crippen molar-refractivity contribution in [3.05, 3.63) is 35.4 Å². The SMILES string of the molecule is CCN(Cc1c(F)cccc1F)C(=O)C1(C)CCNC1. The lowest BCUT2D eigenvalue weighted by atomic mass is 9.88. The lowest BCUT2D eigenvalue weighted by Gasteiger charge is -2.30. The minimum atomic E-state index is -0.606. The molecule has 20 heavy (non-hydrogen) atoms. The molecule has 2 rings (SSSR count). The van der Waals surface area contributed by atoms with Crippen LogP contribution in [-0.2, 0) is 11.3 Å². The number of hydrogen-bond donors (Lipinski definition) is 1. The highest BCUT2D eigenvalue weighted by Crippen LogP contribution is 2.28. The molecule has 1 N–H and O–H groups in total. The molecule has 1 heterocycles. The van der Waals surface area contributed by atoms with E-state index in [0.29, 0.717) is 13.1 Å². The Bertz CT molecular complexity index is 478. The highest BCUT2D eigenvalue weighted by atomic mass is 19.1. The standard InChI is InChI=1S/C15H20F2N2O/c1-3-19(14(20)15(2)7-8-18-10-15)9-11-12(16)5-4-6-13(11)17/h4-6,18H,3,7-10H2,1-2H3. The molecule has 5 heteroatoms. The van der Waals surface area contributed by atoms with Crippen molar-refractivity contribution in [2.75, 3.05) is 19.6 Å². The molecule has 1 aromatic rings. The van der Waals surface area contributed by atoms with Gasteiger partial charge in [-0.2, -0.15) is 0 Å². The minimum Gasteiger partial charge on any atom is -0.338 e. The molecule has 0 saturated carbocycles. The van der Waals surface area contributed by atoms with Gasteiger partial charge in [0, 0.05) is 18.7 Å². The summed E-state index contributed by atoms with van der Waals surface area (Å²) in [4.78, 5) is 14.1. The monoisotopic (exact) mass is 282 g/mol. The van der Waals surface area contributed by atoms with Gasteiger partial charge in [0.05, 0.1) is 12.0 Å². The molecule has 110 valence electrons. The second kappa shape index (κ2) is 5.87. The summed E-state index contributed by atoms with van der Waals surface area (Å²) in [7, 11) is 0. The first-order valence-corrected chi connectivity index (χ1v) is 6.91. The van der Waals surface area contributed by atoms with Crippen LogP contribution in [0.25, 0.3) is 0 Å². The Morgan fingerprint density at radius 1 is 1.40 bits per heavy atom. The molecule has 1 atom stereocenters. The fraction of sp³-hybridized carbons (Fsp3) is 0.533. The van der Waals surface area contributed by atoms with Gasteiger partial charge in [-0.3, -0.25) is 4.79 Å². The van der Waals surface area contributed by atoms with Crippen molar-refractivity contribution < 1.29 is 13.6 Å². The quantitative estimate of drug-likeness (QED) is 0.919. The molecule has 1 aliphatic heterocycles. The molecular weight excluding hydrogens is 262 g/mol. The molecular formula is C15H20F2N2O. The van der Waals surface area contributed by atoms with Crippen molar-refractivity contribution in [1.29, 1.82) is 0 Å². The highest BCUT2D eigenvalue weighted by molar-refractivity contribution is 5.83. The Morgan fingerprint density at radius 2 is 2.05 bits per heavy atom. The van der Waals surface area contributed by atoms with Gasteiger partial charge >= 0.3 is 0 Å². The molecule has 0 aromatic heterocycles. The van der Waals surface area contributed by atoms with E-state index in [9.17, 15) is 13.6 Å². The largest absolute Gasteiger partial charge is 0.338 e. The molecule has 1 unspecified atom stereocenters. The predicted molar refractivity (Wildman–Crippen MR) is 73.0 cm³/mol. The zero-order valence-corrected chi connectivity index (χ0v) is 11.9. The third-order valence-corrected chi connectivity index (χ3v) is 3.96.